The predicted octanol–water partition coefficient (Wildman–Crippen LogP) is 4.76. The Balaban J connectivity index is 2.58. The van der Waals surface area contributed by atoms with Crippen LogP contribution >= 0.6 is 19.6 Å². The number of nitro benzene ring substituents is 1. The molecule has 0 heterocycles. The van der Waals surface area contributed by atoms with Crippen molar-refractivity contribution in [1.29, 1.82) is 0 Å². The third-order valence-corrected chi connectivity index (χ3v) is 3.92. The highest BCUT2D eigenvalue weighted by Crippen LogP contribution is 2.43. The number of hydrogen-bond acceptors (Lipinski definition) is 3. The van der Waals surface area contributed by atoms with Gasteiger partial charge < -0.3 is 0 Å². The first-order chi connectivity index (χ1) is 9.50. The summed E-state index contributed by atoms with van der Waals surface area (Å²) >= 11 is 5.82. The lowest BCUT2D eigenvalue weighted by molar-refractivity contribution is -0.384. The van der Waals surface area contributed by atoms with Crippen molar-refractivity contribution in [1.82, 2.24) is 0 Å². The molecule has 2 aromatic rings. The van der Waals surface area contributed by atoms with E-state index in [1.54, 1.807) is 42.5 Å². The highest BCUT2D eigenvalue weighted by atomic mass is 35.5. The molecule has 0 N–H and O–H groups in total. The Morgan fingerprint density at radius 2 is 1.75 bits per heavy atom. The summed E-state index contributed by atoms with van der Waals surface area (Å²) < 4.78 is 13.5. The SMILES string of the molecule is C[P+](=O)N(c1ccc(Cl)cc1)c1ccccc1[N+](=O)[O-]. The molecule has 1 unspecified atom stereocenters. The zero-order valence-electron chi connectivity index (χ0n) is 10.6. The van der Waals surface area contributed by atoms with Gasteiger partial charge in [-0.05, 0) is 34.9 Å². The Morgan fingerprint density at radius 3 is 2.30 bits per heavy atom. The average molecular weight is 310 g/mol. The van der Waals surface area contributed by atoms with E-state index >= 15 is 0 Å². The number of halogens is 1. The normalized spacial score (nSPS) is 11.0. The van der Waals surface area contributed by atoms with Crippen LogP contribution in [0.25, 0.3) is 0 Å². The van der Waals surface area contributed by atoms with E-state index in [-0.39, 0.29) is 5.69 Å². The van der Waals surface area contributed by atoms with Gasteiger partial charge in [0, 0.05) is 11.1 Å². The van der Waals surface area contributed by atoms with Crippen LogP contribution in [0.4, 0.5) is 17.1 Å². The van der Waals surface area contributed by atoms with E-state index in [9.17, 15) is 14.7 Å². The van der Waals surface area contributed by atoms with Gasteiger partial charge in [0.2, 0.25) is 0 Å². The van der Waals surface area contributed by atoms with E-state index in [0.717, 1.165) is 0 Å². The Bertz CT molecular complexity index is 661. The number of hydrogen-bond donors (Lipinski definition) is 0. The molecule has 0 aliphatic heterocycles. The molecule has 2 aromatic carbocycles. The molecular weight excluding hydrogens is 299 g/mol. The monoisotopic (exact) mass is 309 g/mol. The predicted molar refractivity (Wildman–Crippen MR) is 80.2 cm³/mol. The Kier molecular flexibility index (Phi) is 4.32. The van der Waals surface area contributed by atoms with Crippen molar-refractivity contribution in [3.05, 3.63) is 63.7 Å². The number of nitro groups is 1. The van der Waals surface area contributed by atoms with Crippen molar-refractivity contribution in [2.75, 3.05) is 11.3 Å². The third kappa shape index (κ3) is 2.95. The van der Waals surface area contributed by atoms with E-state index in [2.05, 4.69) is 0 Å². The molecule has 5 nitrogen and oxygen atoms in total. The van der Waals surface area contributed by atoms with Crippen LogP contribution in [0.3, 0.4) is 0 Å². The molecule has 0 saturated heterocycles. The van der Waals surface area contributed by atoms with E-state index in [4.69, 9.17) is 11.6 Å². The molecule has 0 aromatic heterocycles. The van der Waals surface area contributed by atoms with Crippen molar-refractivity contribution >= 4 is 36.6 Å². The standard InChI is InChI=1S/C13H11ClN2O3P/c1-20(19)15(11-8-6-10(14)7-9-11)12-4-2-3-5-13(12)16(17)18/h2-9H,1H3/q+1. The van der Waals surface area contributed by atoms with Crippen molar-refractivity contribution in [2.24, 2.45) is 0 Å². The number of anilines is 2. The van der Waals surface area contributed by atoms with E-state index in [0.29, 0.717) is 16.4 Å². The average Bonchev–Trinajstić information content (AvgIpc) is 2.41. The minimum absolute atomic E-state index is 0.0901. The molecule has 0 bridgehead atoms. The zero-order valence-corrected chi connectivity index (χ0v) is 12.2. The van der Waals surface area contributed by atoms with Crippen LogP contribution in [0.1, 0.15) is 0 Å². The van der Waals surface area contributed by atoms with Crippen LogP contribution in [-0.2, 0) is 4.57 Å². The summed E-state index contributed by atoms with van der Waals surface area (Å²) in [7, 11) is -1.83. The Labute approximate surface area is 121 Å². The van der Waals surface area contributed by atoms with Crippen molar-refractivity contribution in [3.63, 3.8) is 0 Å². The second-order valence-corrected chi connectivity index (χ2v) is 5.76. The number of benzene rings is 2. The van der Waals surface area contributed by atoms with Crippen LogP contribution in [0, 0.1) is 10.1 Å². The summed E-state index contributed by atoms with van der Waals surface area (Å²) in [4.78, 5) is 10.6. The molecule has 1 atom stereocenters. The molecule has 102 valence electrons. The lowest BCUT2D eigenvalue weighted by Gasteiger charge is -2.12. The first-order valence-corrected chi connectivity index (χ1v) is 7.74. The van der Waals surface area contributed by atoms with Crippen molar-refractivity contribution in [2.45, 2.75) is 0 Å². The second kappa shape index (κ2) is 5.99. The summed E-state index contributed by atoms with van der Waals surface area (Å²) in [5, 5.41) is 11.6. The molecule has 0 radical (unpaired) electrons. The Morgan fingerprint density at radius 1 is 1.15 bits per heavy atom. The van der Waals surface area contributed by atoms with Crippen molar-refractivity contribution < 1.29 is 9.49 Å². The lowest BCUT2D eigenvalue weighted by atomic mass is 10.2. The van der Waals surface area contributed by atoms with Crippen LogP contribution in [0.15, 0.2) is 48.5 Å². The first-order valence-electron chi connectivity index (χ1n) is 5.70. The van der Waals surface area contributed by atoms with Crippen LogP contribution in [-0.4, -0.2) is 11.6 Å². The Hall–Kier alpha value is -1.97. The molecule has 0 saturated carbocycles. The summed E-state index contributed by atoms with van der Waals surface area (Å²) in [6.07, 6.45) is 0. The molecule has 0 spiro atoms. The summed E-state index contributed by atoms with van der Waals surface area (Å²) in [5.41, 5.74) is 0.795. The fraction of sp³-hybridized carbons (Fsp3) is 0.0769. The summed E-state index contributed by atoms with van der Waals surface area (Å²) in [6.45, 7) is 1.50. The smallest absolute Gasteiger partial charge is 0.258 e. The maximum absolute atomic E-state index is 12.0. The minimum Gasteiger partial charge on any atom is -0.258 e. The van der Waals surface area contributed by atoms with Crippen LogP contribution in [0.2, 0.25) is 5.02 Å². The number of nitrogens with zero attached hydrogens (tertiary/aromatic N) is 2. The van der Waals surface area contributed by atoms with Gasteiger partial charge in [0.15, 0.2) is 12.4 Å². The molecule has 2 rings (SSSR count). The quantitative estimate of drug-likeness (QED) is 0.464. The minimum atomic E-state index is -1.83. The fourth-order valence-electron chi connectivity index (χ4n) is 1.83. The van der Waals surface area contributed by atoms with Crippen LogP contribution in [0.5, 0.6) is 0 Å². The molecule has 7 heteroatoms. The van der Waals surface area contributed by atoms with Gasteiger partial charge in [-0.2, -0.15) is 0 Å². The second-order valence-electron chi connectivity index (χ2n) is 4.00. The van der Waals surface area contributed by atoms with Gasteiger partial charge in [-0.3, -0.25) is 10.1 Å². The van der Waals surface area contributed by atoms with E-state index < -0.39 is 12.9 Å². The van der Waals surface area contributed by atoms with Gasteiger partial charge in [-0.25, -0.2) is 0 Å². The van der Waals surface area contributed by atoms with Gasteiger partial charge in [-0.15, -0.1) is 4.67 Å². The van der Waals surface area contributed by atoms with Gasteiger partial charge in [0.1, 0.15) is 0 Å². The summed E-state index contributed by atoms with van der Waals surface area (Å²) in [5.74, 6) is 0. The van der Waals surface area contributed by atoms with Gasteiger partial charge in [0.05, 0.1) is 10.6 Å². The van der Waals surface area contributed by atoms with E-state index in [1.807, 2.05) is 0 Å². The molecule has 0 amide bonds. The largest absolute Gasteiger partial charge is 0.463 e. The number of para-hydroxylation sites is 2. The van der Waals surface area contributed by atoms with Gasteiger partial charge >= 0.3 is 7.95 Å². The van der Waals surface area contributed by atoms with Crippen molar-refractivity contribution in [3.8, 4) is 0 Å². The van der Waals surface area contributed by atoms with Crippen LogP contribution < -0.4 is 4.67 Å². The molecule has 0 aliphatic carbocycles. The molecule has 0 aliphatic rings. The maximum atomic E-state index is 12.0. The fourth-order valence-corrected chi connectivity index (χ4v) is 2.89. The highest BCUT2D eigenvalue weighted by molar-refractivity contribution is 7.46. The highest BCUT2D eigenvalue weighted by Gasteiger charge is 2.30. The third-order valence-electron chi connectivity index (χ3n) is 2.66. The van der Waals surface area contributed by atoms with Gasteiger partial charge in [0.25, 0.3) is 5.69 Å². The first kappa shape index (κ1) is 14.4. The molecule has 0 fully saturated rings. The maximum Gasteiger partial charge on any atom is 0.463 e. The molecule has 20 heavy (non-hydrogen) atoms. The van der Waals surface area contributed by atoms with E-state index in [1.165, 1.54) is 17.4 Å². The lowest BCUT2D eigenvalue weighted by Crippen LogP contribution is -2.08. The zero-order chi connectivity index (χ0) is 14.7. The summed E-state index contributed by atoms with van der Waals surface area (Å²) in [6, 6.07) is 12.9. The number of rotatable bonds is 4. The van der Waals surface area contributed by atoms with Gasteiger partial charge in [-0.1, -0.05) is 23.7 Å². The molecular formula is C13H11ClN2O3P+. The topological polar surface area (TPSA) is 63.5 Å².